The summed E-state index contributed by atoms with van der Waals surface area (Å²) in [4.78, 5) is 5.36. The Morgan fingerprint density at radius 2 is 0.674 bits per heavy atom. The molecule has 4 aromatic rings. The summed E-state index contributed by atoms with van der Waals surface area (Å²) in [6.45, 7) is 12.3. The van der Waals surface area contributed by atoms with Crippen molar-refractivity contribution in [2.24, 2.45) is 0 Å². The Morgan fingerprint density at radius 3 is 0.978 bits per heavy atom. The molecule has 0 unspecified atom stereocenters. The number of piperidine rings is 2. The second-order valence-electron chi connectivity index (χ2n) is 14.0. The Morgan fingerprint density at radius 1 is 0.391 bits per heavy atom. The van der Waals surface area contributed by atoms with Gasteiger partial charge in [-0.2, -0.15) is 0 Å². The molecule has 2 nitrogen and oxygen atoms in total. The minimum Gasteiger partial charge on any atom is -0.303 e. The third kappa shape index (κ3) is 11.0. The Labute approximate surface area is 280 Å². The van der Waals surface area contributed by atoms with E-state index in [9.17, 15) is 0 Å². The van der Waals surface area contributed by atoms with Gasteiger partial charge in [-0.3, -0.25) is 0 Å². The Balaban J connectivity index is 0.000000181. The average molecular weight is 615 g/mol. The zero-order valence-electron chi connectivity index (χ0n) is 28.7. The molecule has 2 aliphatic rings. The first-order chi connectivity index (χ1) is 22.7. The molecule has 4 atom stereocenters. The highest BCUT2D eigenvalue weighted by molar-refractivity contribution is 5.25. The molecular formula is C44H58N2. The maximum atomic E-state index is 2.68. The van der Waals surface area contributed by atoms with Gasteiger partial charge < -0.3 is 9.80 Å². The molecule has 0 radical (unpaired) electrons. The van der Waals surface area contributed by atoms with Crippen LogP contribution in [0, 0.1) is 0 Å². The van der Waals surface area contributed by atoms with Crippen LogP contribution in [0.5, 0.6) is 0 Å². The van der Waals surface area contributed by atoms with Crippen molar-refractivity contribution in [1.82, 2.24) is 9.80 Å². The summed E-state index contributed by atoms with van der Waals surface area (Å²) < 4.78 is 0. The van der Waals surface area contributed by atoms with Crippen molar-refractivity contribution in [1.29, 1.82) is 0 Å². The van der Waals surface area contributed by atoms with Crippen molar-refractivity contribution < 1.29 is 0 Å². The van der Waals surface area contributed by atoms with Crippen molar-refractivity contribution >= 4 is 0 Å². The maximum Gasteiger partial charge on any atom is 0.00505 e. The van der Waals surface area contributed by atoms with E-state index < -0.39 is 0 Å². The number of hydrogen-bond acceptors (Lipinski definition) is 2. The molecule has 0 aromatic heterocycles. The van der Waals surface area contributed by atoms with Gasteiger partial charge in [-0.05, 0) is 111 Å². The summed E-state index contributed by atoms with van der Waals surface area (Å²) in [5.74, 6) is 2.46. The lowest BCUT2D eigenvalue weighted by atomic mass is 9.85. The number of likely N-dealkylation sites (tertiary alicyclic amines) is 2. The van der Waals surface area contributed by atoms with Crippen LogP contribution in [0.15, 0.2) is 121 Å². The van der Waals surface area contributed by atoms with E-state index in [1.54, 1.807) is 0 Å². The van der Waals surface area contributed by atoms with Crippen molar-refractivity contribution in [3.8, 4) is 0 Å². The summed E-state index contributed by atoms with van der Waals surface area (Å²) in [6.07, 6.45) is 10.8. The van der Waals surface area contributed by atoms with E-state index in [0.29, 0.717) is 23.7 Å². The van der Waals surface area contributed by atoms with Crippen LogP contribution in [0.25, 0.3) is 0 Å². The molecule has 2 saturated heterocycles. The summed E-state index contributed by atoms with van der Waals surface area (Å²) in [7, 11) is 0. The molecular weight excluding hydrogens is 556 g/mol. The molecule has 0 saturated carbocycles. The molecule has 0 amide bonds. The van der Waals surface area contributed by atoms with Crippen molar-refractivity contribution in [3.63, 3.8) is 0 Å². The number of benzene rings is 4. The largest absolute Gasteiger partial charge is 0.303 e. The van der Waals surface area contributed by atoms with E-state index in [0.717, 1.165) is 0 Å². The van der Waals surface area contributed by atoms with Gasteiger partial charge >= 0.3 is 0 Å². The SMILES string of the molecule is C[C@@H](C[C@@H](CN1CCCCC1)c1ccccc1)c1ccccc1.C[C@H](C[C@H](CN1CCCCC1)c1ccccc1)c1ccccc1. The first-order valence-corrected chi connectivity index (χ1v) is 18.3. The van der Waals surface area contributed by atoms with Crippen LogP contribution in [0.2, 0.25) is 0 Å². The third-order valence-electron chi connectivity index (χ3n) is 10.4. The lowest BCUT2D eigenvalue weighted by molar-refractivity contribution is 0.210. The summed E-state index contributed by atoms with van der Waals surface area (Å²) in [5.41, 5.74) is 5.93. The van der Waals surface area contributed by atoms with Crippen molar-refractivity contribution in [2.75, 3.05) is 39.3 Å². The average Bonchev–Trinajstić information content (AvgIpc) is 3.13. The van der Waals surface area contributed by atoms with Gasteiger partial charge in [0, 0.05) is 13.1 Å². The van der Waals surface area contributed by atoms with Gasteiger partial charge in [0.1, 0.15) is 0 Å². The number of hydrogen-bond donors (Lipinski definition) is 0. The molecule has 244 valence electrons. The second-order valence-corrected chi connectivity index (χ2v) is 14.0. The maximum absolute atomic E-state index is 2.68. The van der Waals surface area contributed by atoms with Crippen LogP contribution in [-0.4, -0.2) is 49.1 Å². The van der Waals surface area contributed by atoms with E-state index in [-0.39, 0.29) is 0 Å². The van der Waals surface area contributed by atoms with E-state index in [2.05, 4.69) is 145 Å². The predicted molar refractivity (Wildman–Crippen MR) is 198 cm³/mol. The highest BCUT2D eigenvalue weighted by atomic mass is 15.1. The van der Waals surface area contributed by atoms with Crippen LogP contribution in [-0.2, 0) is 0 Å². The van der Waals surface area contributed by atoms with Gasteiger partial charge in [0.25, 0.3) is 0 Å². The van der Waals surface area contributed by atoms with Crippen LogP contribution < -0.4 is 0 Å². The van der Waals surface area contributed by atoms with Gasteiger partial charge in [-0.25, -0.2) is 0 Å². The fourth-order valence-corrected chi connectivity index (χ4v) is 7.68. The molecule has 0 N–H and O–H groups in total. The highest BCUT2D eigenvalue weighted by Crippen LogP contribution is 2.32. The van der Waals surface area contributed by atoms with Crippen LogP contribution in [0.4, 0.5) is 0 Å². The zero-order chi connectivity index (χ0) is 31.8. The van der Waals surface area contributed by atoms with Crippen LogP contribution in [0.1, 0.15) is 111 Å². The zero-order valence-corrected chi connectivity index (χ0v) is 28.7. The lowest BCUT2D eigenvalue weighted by Crippen LogP contribution is -2.33. The summed E-state index contributed by atoms with van der Waals surface area (Å²) in [6, 6.07) is 44.2. The molecule has 0 aliphatic carbocycles. The monoisotopic (exact) mass is 614 g/mol. The fraction of sp³-hybridized carbons (Fsp3) is 0.455. The Bertz CT molecular complexity index is 1220. The first kappa shape index (κ1) is 34.1. The number of rotatable bonds is 12. The molecule has 2 heteroatoms. The topological polar surface area (TPSA) is 6.48 Å². The summed E-state index contributed by atoms with van der Waals surface area (Å²) >= 11 is 0. The van der Waals surface area contributed by atoms with Gasteiger partial charge in [-0.1, -0.05) is 148 Å². The first-order valence-electron chi connectivity index (χ1n) is 18.3. The van der Waals surface area contributed by atoms with E-state index >= 15 is 0 Å². The van der Waals surface area contributed by atoms with E-state index in [1.807, 2.05) is 0 Å². The van der Waals surface area contributed by atoms with Gasteiger partial charge in [-0.15, -0.1) is 0 Å². The normalized spacial score (nSPS) is 18.5. The second kappa shape index (κ2) is 18.8. The molecule has 4 aromatic carbocycles. The molecule has 6 rings (SSSR count). The highest BCUT2D eigenvalue weighted by Gasteiger charge is 2.22. The van der Waals surface area contributed by atoms with E-state index in [1.165, 1.54) is 113 Å². The molecule has 2 heterocycles. The van der Waals surface area contributed by atoms with Gasteiger partial charge in [0.05, 0.1) is 0 Å². The molecule has 2 aliphatic heterocycles. The minimum absolute atomic E-state index is 0.603. The quantitative estimate of drug-likeness (QED) is 0.157. The Kier molecular flexibility index (Phi) is 14.0. The van der Waals surface area contributed by atoms with Crippen LogP contribution in [0.3, 0.4) is 0 Å². The molecule has 0 bridgehead atoms. The van der Waals surface area contributed by atoms with Crippen LogP contribution >= 0.6 is 0 Å². The molecule has 0 spiro atoms. The third-order valence-corrected chi connectivity index (χ3v) is 10.4. The lowest BCUT2D eigenvalue weighted by Gasteiger charge is -2.32. The van der Waals surface area contributed by atoms with Gasteiger partial charge in [0.2, 0.25) is 0 Å². The summed E-state index contributed by atoms with van der Waals surface area (Å²) in [5, 5.41) is 0. The smallest absolute Gasteiger partial charge is 0.00505 e. The van der Waals surface area contributed by atoms with Gasteiger partial charge in [0.15, 0.2) is 0 Å². The minimum atomic E-state index is 0.603. The standard InChI is InChI=1S/2C22H29N/c2*1-19(20-11-5-2-6-12-20)17-22(21-13-7-3-8-14-21)18-23-15-9-4-10-16-23/h2*2-3,5-8,11-14,19,22H,4,9-10,15-18H2,1H3/t2*19-,22-/m10/s1. The molecule has 46 heavy (non-hydrogen) atoms. The van der Waals surface area contributed by atoms with Crippen molar-refractivity contribution in [2.45, 2.75) is 88.9 Å². The van der Waals surface area contributed by atoms with Crippen molar-refractivity contribution in [3.05, 3.63) is 144 Å². The Hall–Kier alpha value is -3.20. The van der Waals surface area contributed by atoms with E-state index in [4.69, 9.17) is 0 Å². The molecule has 2 fully saturated rings. The predicted octanol–water partition coefficient (Wildman–Crippen LogP) is 10.9. The fourth-order valence-electron chi connectivity index (χ4n) is 7.68. The number of nitrogens with zero attached hydrogens (tertiary/aromatic N) is 2.